The number of nitrogens with zero attached hydrogens (tertiary/aromatic N) is 3. The van der Waals surface area contributed by atoms with Crippen LogP contribution in [0.5, 0.6) is 0 Å². The highest BCUT2D eigenvalue weighted by Crippen LogP contribution is 2.45. The lowest BCUT2D eigenvalue weighted by atomic mass is 9.84. The summed E-state index contributed by atoms with van der Waals surface area (Å²) in [5.41, 5.74) is 0.844. The lowest BCUT2D eigenvalue weighted by Gasteiger charge is -2.35. The first kappa shape index (κ1) is 20.2. The van der Waals surface area contributed by atoms with Crippen molar-refractivity contribution in [1.82, 2.24) is 20.3 Å². The van der Waals surface area contributed by atoms with E-state index in [0.29, 0.717) is 33.9 Å². The van der Waals surface area contributed by atoms with Crippen molar-refractivity contribution < 1.29 is 27.1 Å². The fourth-order valence-corrected chi connectivity index (χ4v) is 4.65. The zero-order valence-electron chi connectivity index (χ0n) is 14.4. The molecule has 0 spiro atoms. The molecule has 0 aromatic carbocycles. The molecule has 3 unspecified atom stereocenters. The van der Waals surface area contributed by atoms with Crippen molar-refractivity contribution >= 4 is 11.3 Å². The Kier molecular flexibility index (Phi) is 5.82. The van der Waals surface area contributed by atoms with E-state index in [9.17, 15) is 27.1 Å². The molecule has 11 heteroatoms. The van der Waals surface area contributed by atoms with E-state index in [1.54, 1.807) is 13.2 Å². The monoisotopic (exact) mass is 410 g/mol. The maximum absolute atomic E-state index is 13.4. The maximum atomic E-state index is 13.4. The van der Waals surface area contributed by atoms with Gasteiger partial charge in [0.05, 0.1) is 17.8 Å². The number of alkyl halides is 5. The number of hydrogen-bond acceptors (Lipinski definition) is 5. The van der Waals surface area contributed by atoms with E-state index in [4.69, 9.17) is 0 Å². The molecule has 3 rings (SSSR count). The molecule has 150 valence electrons. The van der Waals surface area contributed by atoms with Crippen LogP contribution in [0, 0.1) is 0 Å². The van der Waals surface area contributed by atoms with Crippen molar-refractivity contribution in [2.45, 2.75) is 49.9 Å². The molecule has 1 fully saturated rings. The molecule has 0 aliphatic carbocycles. The van der Waals surface area contributed by atoms with Crippen LogP contribution in [0.1, 0.15) is 45.8 Å². The molecule has 1 aliphatic rings. The van der Waals surface area contributed by atoms with Crippen molar-refractivity contribution in [2.75, 3.05) is 6.61 Å². The molecule has 27 heavy (non-hydrogen) atoms. The van der Waals surface area contributed by atoms with E-state index in [1.165, 1.54) is 4.68 Å². The molecule has 0 amide bonds. The van der Waals surface area contributed by atoms with Gasteiger partial charge in [0, 0.05) is 24.7 Å². The van der Waals surface area contributed by atoms with Gasteiger partial charge in [0.2, 0.25) is 0 Å². The predicted molar refractivity (Wildman–Crippen MR) is 88.8 cm³/mol. The van der Waals surface area contributed by atoms with Crippen LogP contribution in [-0.4, -0.2) is 39.2 Å². The predicted octanol–water partition coefficient (Wildman–Crippen LogP) is 3.27. The van der Waals surface area contributed by atoms with Crippen LogP contribution in [0.15, 0.2) is 12.3 Å². The van der Waals surface area contributed by atoms with Gasteiger partial charge >= 0.3 is 6.18 Å². The number of piperidine rings is 1. The average molecular weight is 410 g/mol. The first-order chi connectivity index (χ1) is 12.7. The van der Waals surface area contributed by atoms with Crippen molar-refractivity contribution in [1.29, 1.82) is 0 Å². The van der Waals surface area contributed by atoms with Crippen molar-refractivity contribution in [3.63, 3.8) is 0 Å². The van der Waals surface area contributed by atoms with E-state index in [0.717, 1.165) is 6.07 Å². The van der Waals surface area contributed by atoms with E-state index >= 15 is 0 Å². The van der Waals surface area contributed by atoms with Crippen LogP contribution in [0.4, 0.5) is 22.0 Å². The third-order valence-corrected chi connectivity index (χ3v) is 6.01. The third kappa shape index (κ3) is 4.46. The van der Waals surface area contributed by atoms with Crippen LogP contribution in [0.25, 0.3) is 0 Å². The Morgan fingerprint density at radius 3 is 2.67 bits per heavy atom. The number of aromatic nitrogens is 3. The molecular weight excluding hydrogens is 391 g/mol. The second kappa shape index (κ2) is 7.80. The van der Waals surface area contributed by atoms with Gasteiger partial charge in [0.15, 0.2) is 0 Å². The van der Waals surface area contributed by atoms with E-state index < -0.39 is 35.5 Å². The number of hydrogen-bond donors (Lipinski definition) is 2. The van der Waals surface area contributed by atoms with Gasteiger partial charge < -0.3 is 10.4 Å². The zero-order valence-corrected chi connectivity index (χ0v) is 15.2. The highest BCUT2D eigenvalue weighted by Gasteiger charge is 2.39. The molecule has 0 bridgehead atoms. The summed E-state index contributed by atoms with van der Waals surface area (Å²) in [6.45, 7) is -0.308. The molecule has 2 N–H and O–H groups in total. The van der Waals surface area contributed by atoms with Gasteiger partial charge in [-0.1, -0.05) is 5.21 Å². The van der Waals surface area contributed by atoms with E-state index in [-0.39, 0.29) is 19.4 Å². The quantitative estimate of drug-likeness (QED) is 0.743. The van der Waals surface area contributed by atoms with Gasteiger partial charge in [0.25, 0.3) is 6.43 Å². The molecule has 1 saturated heterocycles. The van der Waals surface area contributed by atoms with Gasteiger partial charge in [-0.2, -0.15) is 13.2 Å². The topological polar surface area (TPSA) is 63.0 Å². The highest BCUT2D eigenvalue weighted by atomic mass is 32.1. The highest BCUT2D eigenvalue weighted by molar-refractivity contribution is 7.12. The Labute approximate surface area is 156 Å². The Balaban J connectivity index is 1.94. The molecule has 2 aromatic rings. The second-order valence-corrected chi connectivity index (χ2v) is 7.70. The third-order valence-electron chi connectivity index (χ3n) is 4.63. The first-order valence-electron chi connectivity index (χ1n) is 8.40. The van der Waals surface area contributed by atoms with Crippen LogP contribution in [0.3, 0.4) is 0 Å². The number of halogens is 5. The summed E-state index contributed by atoms with van der Waals surface area (Å²) >= 11 is 0.579. The Bertz CT molecular complexity index is 775. The van der Waals surface area contributed by atoms with Gasteiger partial charge in [-0.3, -0.25) is 4.68 Å². The van der Waals surface area contributed by atoms with Crippen molar-refractivity contribution in [3.05, 3.63) is 33.3 Å². The van der Waals surface area contributed by atoms with Crippen LogP contribution in [0.2, 0.25) is 0 Å². The molecule has 3 atom stereocenters. The number of rotatable bonds is 5. The first-order valence-corrected chi connectivity index (χ1v) is 9.21. The number of aliphatic hydroxyl groups excluding tert-OH is 1. The largest absolute Gasteiger partial charge is 0.425 e. The molecule has 2 aromatic heterocycles. The fourth-order valence-electron chi connectivity index (χ4n) is 3.45. The van der Waals surface area contributed by atoms with E-state index in [1.807, 2.05) is 0 Å². The van der Waals surface area contributed by atoms with Gasteiger partial charge in [0.1, 0.15) is 4.88 Å². The summed E-state index contributed by atoms with van der Waals surface area (Å²) in [6.07, 6.45) is -5.15. The fraction of sp³-hybridized carbons (Fsp3) is 0.625. The standard InChI is InChI=1S/C16H19F5N4OS/c1-25-7-12(23-24-25)10-4-9(5-11(22-10)15(17)18)14-8(2-3-26)6-13(27-14)16(19,20)21/h6-7,9-11,15,22,26H,2-5H2,1H3. The average Bonchev–Trinajstić information content (AvgIpc) is 3.21. The molecule has 0 radical (unpaired) electrons. The zero-order chi connectivity index (χ0) is 19.8. The SMILES string of the molecule is Cn1cc(C2CC(c3sc(C(F)(F)F)cc3CCO)CC(C(F)F)N2)nn1. The van der Waals surface area contributed by atoms with Crippen LogP contribution >= 0.6 is 11.3 Å². The van der Waals surface area contributed by atoms with E-state index in [2.05, 4.69) is 15.6 Å². The van der Waals surface area contributed by atoms with Crippen molar-refractivity contribution in [2.24, 2.45) is 7.05 Å². The molecule has 3 heterocycles. The maximum Gasteiger partial charge on any atom is 0.425 e. The second-order valence-electron chi connectivity index (χ2n) is 6.62. The van der Waals surface area contributed by atoms with Gasteiger partial charge in [-0.05, 0) is 36.8 Å². The molecule has 5 nitrogen and oxygen atoms in total. The minimum atomic E-state index is -4.51. The van der Waals surface area contributed by atoms with Gasteiger partial charge in [-0.25, -0.2) is 8.78 Å². The Morgan fingerprint density at radius 1 is 1.37 bits per heavy atom. The number of thiophene rings is 1. The number of nitrogens with one attached hydrogen (secondary N) is 1. The van der Waals surface area contributed by atoms with Crippen LogP contribution < -0.4 is 5.32 Å². The summed E-state index contributed by atoms with van der Waals surface area (Å²) in [6, 6.07) is -0.670. The summed E-state index contributed by atoms with van der Waals surface area (Å²) in [5, 5.41) is 19.8. The molecule has 1 aliphatic heterocycles. The molecule has 0 saturated carbocycles. The minimum absolute atomic E-state index is 0.0185. The summed E-state index contributed by atoms with van der Waals surface area (Å²) < 4.78 is 67.7. The summed E-state index contributed by atoms with van der Waals surface area (Å²) in [5.74, 6) is -0.486. The number of aryl methyl sites for hydroxylation is 1. The normalized spacial score (nSPS) is 23.9. The summed E-state index contributed by atoms with van der Waals surface area (Å²) in [7, 11) is 1.65. The smallest absolute Gasteiger partial charge is 0.396 e. The van der Waals surface area contributed by atoms with Crippen LogP contribution in [-0.2, 0) is 19.6 Å². The lowest BCUT2D eigenvalue weighted by Crippen LogP contribution is -2.44. The minimum Gasteiger partial charge on any atom is -0.396 e. The lowest BCUT2D eigenvalue weighted by molar-refractivity contribution is -0.134. The molecular formula is C16H19F5N4OS. The van der Waals surface area contributed by atoms with Crippen molar-refractivity contribution in [3.8, 4) is 0 Å². The Morgan fingerprint density at radius 2 is 2.11 bits per heavy atom. The Hall–Kier alpha value is -1.59. The summed E-state index contributed by atoms with van der Waals surface area (Å²) in [4.78, 5) is -0.360. The number of aliphatic hydroxyl groups is 1. The van der Waals surface area contributed by atoms with Gasteiger partial charge in [-0.15, -0.1) is 16.4 Å².